The molecule has 0 radical (unpaired) electrons. The lowest BCUT2D eigenvalue weighted by Crippen LogP contribution is -1.88. The van der Waals surface area contributed by atoms with Crippen LogP contribution in [0.25, 0.3) is 0 Å². The van der Waals surface area contributed by atoms with Crippen molar-refractivity contribution in [2.75, 3.05) is 0 Å². The average molecular weight is 188 g/mol. The Morgan fingerprint density at radius 1 is 1.58 bits per heavy atom. The van der Waals surface area contributed by atoms with Gasteiger partial charge in [-0.25, -0.2) is 0 Å². The van der Waals surface area contributed by atoms with Crippen LogP contribution in [0.4, 0.5) is 5.69 Å². The molecule has 0 bridgehead atoms. The van der Waals surface area contributed by atoms with E-state index in [1.807, 2.05) is 0 Å². The summed E-state index contributed by atoms with van der Waals surface area (Å²) in [6.07, 6.45) is 0. The quantitative estimate of drug-likeness (QED) is 0.542. The van der Waals surface area contributed by atoms with Crippen molar-refractivity contribution in [3.63, 3.8) is 0 Å². The Labute approximate surface area is 73.5 Å². The molecule has 0 unspecified atom stereocenters. The maximum atomic E-state index is 10.3. The zero-order chi connectivity index (χ0) is 9.30. The van der Waals surface area contributed by atoms with Gasteiger partial charge < -0.3 is 5.11 Å². The summed E-state index contributed by atoms with van der Waals surface area (Å²) in [4.78, 5) is 9.65. The Morgan fingerprint density at radius 2 is 2.17 bits per heavy atom. The van der Waals surface area contributed by atoms with Gasteiger partial charge in [-0.2, -0.15) is 0 Å². The molecule has 0 amide bonds. The number of nitro benzene ring substituents is 1. The maximum absolute atomic E-state index is 10.3. The largest absolute Gasteiger partial charge is 0.507 e. The fraction of sp³-hybridized carbons (Fsp3) is 0.143. The monoisotopic (exact) mass is 187 g/mol. The van der Waals surface area contributed by atoms with E-state index in [0.717, 1.165) is 6.07 Å². The van der Waals surface area contributed by atoms with Gasteiger partial charge in [-0.15, -0.1) is 0 Å². The second kappa shape index (κ2) is 2.98. The fourth-order valence-electron chi connectivity index (χ4n) is 0.756. The van der Waals surface area contributed by atoms with Crippen LogP contribution < -0.4 is 0 Å². The molecule has 0 heterocycles. The number of benzene rings is 1. The summed E-state index contributed by atoms with van der Waals surface area (Å²) in [7, 11) is 0. The molecule has 0 atom stereocenters. The van der Waals surface area contributed by atoms with Gasteiger partial charge in [0.2, 0.25) is 0 Å². The number of phenolic OH excluding ortho intramolecular Hbond substituents is 1. The van der Waals surface area contributed by atoms with Crippen molar-refractivity contribution in [2.45, 2.75) is 6.92 Å². The number of rotatable bonds is 1. The number of nitro groups is 1. The van der Waals surface area contributed by atoms with Gasteiger partial charge in [-0.1, -0.05) is 11.6 Å². The molecule has 0 aliphatic rings. The van der Waals surface area contributed by atoms with E-state index in [0.29, 0.717) is 5.56 Å². The number of hydrogen-bond donors (Lipinski definition) is 1. The molecule has 1 N–H and O–H groups in total. The van der Waals surface area contributed by atoms with Crippen molar-refractivity contribution in [3.8, 4) is 5.75 Å². The molecule has 0 aromatic heterocycles. The van der Waals surface area contributed by atoms with Gasteiger partial charge in [0.1, 0.15) is 5.75 Å². The third-order valence-electron chi connectivity index (χ3n) is 1.51. The number of non-ortho nitro benzene ring substituents is 1. The first-order chi connectivity index (χ1) is 5.52. The summed E-state index contributed by atoms with van der Waals surface area (Å²) in [5.41, 5.74) is 0.241. The van der Waals surface area contributed by atoms with Gasteiger partial charge in [0.05, 0.1) is 16.0 Å². The summed E-state index contributed by atoms with van der Waals surface area (Å²) < 4.78 is 0. The standard InChI is InChI=1S/C7H6ClNO3/c1-4-6(8)2-5(9(11)12)3-7(4)10/h2-3,10H,1H3. The highest BCUT2D eigenvalue weighted by atomic mass is 35.5. The summed E-state index contributed by atoms with van der Waals surface area (Å²) >= 11 is 5.60. The summed E-state index contributed by atoms with van der Waals surface area (Å²) in [5, 5.41) is 19.6. The molecule has 4 nitrogen and oxygen atoms in total. The van der Waals surface area contributed by atoms with Gasteiger partial charge >= 0.3 is 0 Å². The smallest absolute Gasteiger partial charge is 0.274 e. The number of nitrogens with zero attached hydrogens (tertiary/aromatic N) is 1. The minimum Gasteiger partial charge on any atom is -0.507 e. The van der Waals surface area contributed by atoms with E-state index in [9.17, 15) is 10.1 Å². The Morgan fingerprint density at radius 3 is 2.58 bits per heavy atom. The topological polar surface area (TPSA) is 63.4 Å². The number of hydrogen-bond acceptors (Lipinski definition) is 3. The van der Waals surface area contributed by atoms with Crippen molar-refractivity contribution >= 4 is 17.3 Å². The van der Waals surface area contributed by atoms with Crippen LogP contribution in [-0.4, -0.2) is 10.0 Å². The molecule has 0 fully saturated rings. The number of phenols is 1. The predicted molar refractivity (Wildman–Crippen MR) is 44.5 cm³/mol. The van der Waals surface area contributed by atoms with E-state index >= 15 is 0 Å². The van der Waals surface area contributed by atoms with Crippen molar-refractivity contribution in [2.24, 2.45) is 0 Å². The molecule has 1 rings (SSSR count). The summed E-state index contributed by atoms with van der Waals surface area (Å²) in [5.74, 6) is -0.158. The molecule has 0 spiro atoms. The minimum atomic E-state index is -0.606. The first-order valence-electron chi connectivity index (χ1n) is 3.16. The molecule has 64 valence electrons. The number of halogens is 1. The SMILES string of the molecule is Cc1c(O)cc([N+](=O)[O-])cc1Cl. The van der Waals surface area contributed by atoms with E-state index < -0.39 is 4.92 Å². The normalized spacial score (nSPS) is 9.83. The average Bonchev–Trinajstić information content (AvgIpc) is 1.99. The van der Waals surface area contributed by atoms with E-state index in [-0.39, 0.29) is 16.5 Å². The molecule has 0 aliphatic carbocycles. The van der Waals surface area contributed by atoms with Crippen molar-refractivity contribution < 1.29 is 10.0 Å². The lowest BCUT2D eigenvalue weighted by molar-refractivity contribution is -0.384. The predicted octanol–water partition coefficient (Wildman–Crippen LogP) is 2.26. The molecule has 0 saturated carbocycles. The summed E-state index contributed by atoms with van der Waals surface area (Å²) in [6.45, 7) is 1.58. The molecule has 0 saturated heterocycles. The Hall–Kier alpha value is -1.29. The molecular weight excluding hydrogens is 182 g/mol. The molecule has 1 aromatic rings. The van der Waals surface area contributed by atoms with Crippen LogP contribution in [0.1, 0.15) is 5.56 Å². The molecule has 1 aromatic carbocycles. The van der Waals surface area contributed by atoms with E-state index in [1.54, 1.807) is 6.92 Å². The maximum Gasteiger partial charge on any atom is 0.274 e. The van der Waals surface area contributed by atoms with Gasteiger partial charge in [0, 0.05) is 11.6 Å². The molecule has 12 heavy (non-hydrogen) atoms. The van der Waals surface area contributed by atoms with E-state index in [4.69, 9.17) is 16.7 Å². The Bertz CT molecular complexity index is 314. The van der Waals surface area contributed by atoms with Gasteiger partial charge in [0.15, 0.2) is 0 Å². The van der Waals surface area contributed by atoms with E-state index in [1.165, 1.54) is 6.07 Å². The molecule has 5 heteroatoms. The first kappa shape index (κ1) is 8.80. The van der Waals surface area contributed by atoms with Crippen LogP contribution in [0.5, 0.6) is 5.75 Å². The number of aromatic hydroxyl groups is 1. The molecular formula is C7H6ClNO3. The Balaban J connectivity index is 3.31. The minimum absolute atomic E-state index is 0.158. The van der Waals surface area contributed by atoms with Gasteiger partial charge in [-0.3, -0.25) is 10.1 Å². The van der Waals surface area contributed by atoms with Crippen LogP contribution in [0, 0.1) is 17.0 Å². The highest BCUT2D eigenvalue weighted by Gasteiger charge is 2.11. The molecule has 0 aliphatic heterocycles. The van der Waals surface area contributed by atoms with Crippen LogP contribution in [-0.2, 0) is 0 Å². The lowest BCUT2D eigenvalue weighted by Gasteiger charge is -2.00. The van der Waals surface area contributed by atoms with Crippen molar-refractivity contribution in [1.82, 2.24) is 0 Å². The zero-order valence-corrected chi connectivity index (χ0v) is 7.00. The van der Waals surface area contributed by atoms with Gasteiger partial charge in [0.25, 0.3) is 5.69 Å². The lowest BCUT2D eigenvalue weighted by atomic mass is 10.2. The highest BCUT2D eigenvalue weighted by Crippen LogP contribution is 2.29. The van der Waals surface area contributed by atoms with E-state index in [2.05, 4.69) is 0 Å². The van der Waals surface area contributed by atoms with Crippen molar-refractivity contribution in [1.29, 1.82) is 0 Å². The second-order valence-corrected chi connectivity index (χ2v) is 2.74. The first-order valence-corrected chi connectivity index (χ1v) is 3.53. The third kappa shape index (κ3) is 1.48. The fourth-order valence-corrected chi connectivity index (χ4v) is 0.964. The van der Waals surface area contributed by atoms with Gasteiger partial charge in [-0.05, 0) is 6.92 Å². The summed E-state index contributed by atoms with van der Waals surface area (Å²) in [6, 6.07) is 2.28. The second-order valence-electron chi connectivity index (χ2n) is 2.33. The van der Waals surface area contributed by atoms with Crippen LogP contribution >= 0.6 is 11.6 Å². The zero-order valence-electron chi connectivity index (χ0n) is 6.24. The Kier molecular flexibility index (Phi) is 2.19. The third-order valence-corrected chi connectivity index (χ3v) is 1.91. The van der Waals surface area contributed by atoms with Crippen LogP contribution in [0.3, 0.4) is 0 Å². The van der Waals surface area contributed by atoms with Crippen LogP contribution in [0.15, 0.2) is 12.1 Å². The van der Waals surface area contributed by atoms with Crippen LogP contribution in [0.2, 0.25) is 5.02 Å². The van der Waals surface area contributed by atoms with Crippen molar-refractivity contribution in [3.05, 3.63) is 32.8 Å². The highest BCUT2D eigenvalue weighted by molar-refractivity contribution is 6.31.